The van der Waals surface area contributed by atoms with Crippen molar-refractivity contribution in [2.24, 2.45) is 5.92 Å². The normalized spacial score (nSPS) is 10.9. The van der Waals surface area contributed by atoms with Crippen LogP contribution in [0, 0.1) is 12.8 Å². The quantitative estimate of drug-likeness (QED) is 0.841. The van der Waals surface area contributed by atoms with Gasteiger partial charge in [0.1, 0.15) is 12.4 Å². The zero-order chi connectivity index (χ0) is 15.1. The molecule has 1 aromatic heterocycles. The first-order valence-electron chi connectivity index (χ1n) is 7.48. The number of para-hydroxylation sites is 1. The average Bonchev–Trinajstić information content (AvgIpc) is 2.47. The van der Waals surface area contributed by atoms with Crippen LogP contribution in [0.5, 0.6) is 5.75 Å². The summed E-state index contributed by atoms with van der Waals surface area (Å²) in [6.45, 7) is 8.85. The minimum Gasteiger partial charge on any atom is -0.487 e. The van der Waals surface area contributed by atoms with Crippen molar-refractivity contribution in [1.29, 1.82) is 0 Å². The van der Waals surface area contributed by atoms with E-state index < -0.39 is 0 Å². The zero-order valence-corrected chi connectivity index (χ0v) is 13.1. The van der Waals surface area contributed by atoms with Crippen LogP contribution in [0.2, 0.25) is 0 Å². The number of aryl methyl sites for hydroxylation is 1. The van der Waals surface area contributed by atoms with Crippen molar-refractivity contribution in [1.82, 2.24) is 10.3 Å². The third-order valence-electron chi connectivity index (χ3n) is 3.24. The summed E-state index contributed by atoms with van der Waals surface area (Å²) in [6, 6.07) is 12.2. The van der Waals surface area contributed by atoms with E-state index in [0.717, 1.165) is 30.1 Å². The molecule has 0 atom stereocenters. The average molecular weight is 284 g/mol. The number of benzene rings is 1. The summed E-state index contributed by atoms with van der Waals surface area (Å²) in [5, 5.41) is 3.41. The van der Waals surface area contributed by atoms with Crippen molar-refractivity contribution >= 4 is 0 Å². The maximum absolute atomic E-state index is 5.80. The van der Waals surface area contributed by atoms with Crippen LogP contribution in [0.15, 0.2) is 42.6 Å². The van der Waals surface area contributed by atoms with Gasteiger partial charge in [0, 0.05) is 12.7 Å². The Morgan fingerprint density at radius 3 is 2.62 bits per heavy atom. The summed E-state index contributed by atoms with van der Waals surface area (Å²) < 4.78 is 5.80. The molecule has 112 valence electrons. The number of nitrogens with one attached hydrogen (secondary N) is 1. The van der Waals surface area contributed by atoms with Gasteiger partial charge in [-0.15, -0.1) is 0 Å². The number of rotatable bonds is 7. The highest BCUT2D eigenvalue weighted by Gasteiger charge is 2.01. The zero-order valence-electron chi connectivity index (χ0n) is 13.1. The molecule has 3 nitrogen and oxygen atoms in total. The molecule has 0 aliphatic rings. The Kier molecular flexibility index (Phi) is 5.76. The molecule has 1 N–H and O–H groups in total. The Morgan fingerprint density at radius 1 is 1.14 bits per heavy atom. The first-order chi connectivity index (χ1) is 10.1. The molecule has 1 heterocycles. The Balaban J connectivity index is 1.84. The lowest BCUT2D eigenvalue weighted by molar-refractivity contribution is 0.299. The van der Waals surface area contributed by atoms with E-state index in [9.17, 15) is 0 Å². The minimum atomic E-state index is 0.505. The van der Waals surface area contributed by atoms with Crippen molar-refractivity contribution in [2.45, 2.75) is 33.9 Å². The van der Waals surface area contributed by atoms with Crippen LogP contribution in [-0.2, 0) is 13.2 Å². The van der Waals surface area contributed by atoms with Gasteiger partial charge >= 0.3 is 0 Å². The van der Waals surface area contributed by atoms with Gasteiger partial charge in [-0.25, -0.2) is 0 Å². The fraction of sp³-hybridized carbons (Fsp3) is 0.389. The van der Waals surface area contributed by atoms with Gasteiger partial charge in [-0.2, -0.15) is 0 Å². The van der Waals surface area contributed by atoms with Crippen LogP contribution >= 0.6 is 0 Å². The fourth-order valence-corrected chi connectivity index (χ4v) is 2.02. The van der Waals surface area contributed by atoms with Crippen LogP contribution in [0.4, 0.5) is 0 Å². The van der Waals surface area contributed by atoms with Gasteiger partial charge in [0.15, 0.2) is 0 Å². The molecule has 0 fully saturated rings. The molecule has 1 aromatic carbocycles. The summed E-state index contributed by atoms with van der Waals surface area (Å²) in [7, 11) is 0. The van der Waals surface area contributed by atoms with Crippen LogP contribution in [0.25, 0.3) is 0 Å². The highest BCUT2D eigenvalue weighted by molar-refractivity contribution is 5.31. The van der Waals surface area contributed by atoms with E-state index in [0.29, 0.717) is 12.5 Å². The predicted octanol–water partition coefficient (Wildman–Crippen LogP) is 3.71. The van der Waals surface area contributed by atoms with Gasteiger partial charge in [-0.3, -0.25) is 4.98 Å². The lowest BCUT2D eigenvalue weighted by Gasteiger charge is -2.09. The topological polar surface area (TPSA) is 34.1 Å². The summed E-state index contributed by atoms with van der Waals surface area (Å²) in [4.78, 5) is 4.46. The van der Waals surface area contributed by atoms with E-state index in [1.54, 1.807) is 0 Å². The molecule has 0 spiro atoms. The maximum Gasteiger partial charge on any atom is 0.130 e. The van der Waals surface area contributed by atoms with E-state index >= 15 is 0 Å². The monoisotopic (exact) mass is 284 g/mol. The maximum atomic E-state index is 5.80. The number of nitrogens with zero attached hydrogens (tertiary/aromatic N) is 1. The first kappa shape index (κ1) is 15.5. The number of hydrogen-bond acceptors (Lipinski definition) is 3. The highest BCUT2D eigenvalue weighted by Crippen LogP contribution is 2.17. The third kappa shape index (κ3) is 5.20. The van der Waals surface area contributed by atoms with Crippen LogP contribution in [-0.4, -0.2) is 11.5 Å². The molecule has 2 rings (SSSR count). The van der Waals surface area contributed by atoms with E-state index in [-0.39, 0.29) is 0 Å². The lowest BCUT2D eigenvalue weighted by atomic mass is 10.2. The Labute approximate surface area is 127 Å². The summed E-state index contributed by atoms with van der Waals surface area (Å²) >= 11 is 0. The van der Waals surface area contributed by atoms with Crippen LogP contribution in [0.3, 0.4) is 0 Å². The highest BCUT2D eigenvalue weighted by atomic mass is 16.5. The fourth-order valence-electron chi connectivity index (χ4n) is 2.02. The molecule has 3 heteroatoms. The van der Waals surface area contributed by atoms with Crippen molar-refractivity contribution < 1.29 is 4.74 Å². The summed E-state index contributed by atoms with van der Waals surface area (Å²) in [5.41, 5.74) is 3.30. The molecule has 2 aromatic rings. The number of aromatic nitrogens is 1. The third-order valence-corrected chi connectivity index (χ3v) is 3.24. The van der Waals surface area contributed by atoms with Gasteiger partial charge < -0.3 is 10.1 Å². The smallest absolute Gasteiger partial charge is 0.130 e. The van der Waals surface area contributed by atoms with Crippen LogP contribution < -0.4 is 10.1 Å². The molecule has 0 saturated heterocycles. The molecule has 0 radical (unpaired) electrons. The molecule has 0 unspecified atom stereocenters. The standard InChI is InChI=1S/C18H24N2O/c1-14(2)10-19-11-16-8-9-17(20-12-16)13-21-18-7-5-4-6-15(18)3/h4-9,12,14,19H,10-11,13H2,1-3H3. The van der Waals surface area contributed by atoms with E-state index in [4.69, 9.17) is 4.74 Å². The van der Waals surface area contributed by atoms with Crippen molar-refractivity contribution in [3.05, 3.63) is 59.4 Å². The Morgan fingerprint density at radius 2 is 1.95 bits per heavy atom. The van der Waals surface area contributed by atoms with Gasteiger partial charge in [-0.1, -0.05) is 38.1 Å². The van der Waals surface area contributed by atoms with Crippen molar-refractivity contribution in [3.63, 3.8) is 0 Å². The molecular formula is C18H24N2O. The number of ether oxygens (including phenoxy) is 1. The summed E-state index contributed by atoms with van der Waals surface area (Å²) in [6.07, 6.45) is 1.92. The second kappa shape index (κ2) is 7.79. The van der Waals surface area contributed by atoms with Crippen LogP contribution in [0.1, 0.15) is 30.7 Å². The van der Waals surface area contributed by atoms with Crippen molar-refractivity contribution in [2.75, 3.05) is 6.54 Å². The molecule has 0 saturated carbocycles. The molecule has 0 aliphatic carbocycles. The van der Waals surface area contributed by atoms with Gasteiger partial charge in [0.05, 0.1) is 5.69 Å². The second-order valence-corrected chi connectivity index (χ2v) is 5.74. The lowest BCUT2D eigenvalue weighted by Crippen LogP contribution is -2.19. The molecule has 0 aliphatic heterocycles. The largest absolute Gasteiger partial charge is 0.487 e. The van der Waals surface area contributed by atoms with Gasteiger partial charge in [-0.05, 0) is 42.6 Å². The first-order valence-corrected chi connectivity index (χ1v) is 7.48. The number of pyridine rings is 1. The molecule has 0 amide bonds. The van der Waals surface area contributed by atoms with Gasteiger partial charge in [0.25, 0.3) is 0 Å². The molecule has 21 heavy (non-hydrogen) atoms. The van der Waals surface area contributed by atoms with E-state index in [1.165, 1.54) is 5.56 Å². The number of hydrogen-bond donors (Lipinski definition) is 1. The minimum absolute atomic E-state index is 0.505. The second-order valence-electron chi connectivity index (χ2n) is 5.74. The molecular weight excluding hydrogens is 260 g/mol. The van der Waals surface area contributed by atoms with E-state index in [1.807, 2.05) is 43.5 Å². The van der Waals surface area contributed by atoms with E-state index in [2.05, 4.69) is 30.2 Å². The van der Waals surface area contributed by atoms with Crippen molar-refractivity contribution in [3.8, 4) is 5.75 Å². The molecule has 0 bridgehead atoms. The van der Waals surface area contributed by atoms with Gasteiger partial charge in [0.2, 0.25) is 0 Å². The predicted molar refractivity (Wildman–Crippen MR) is 86.3 cm³/mol. The Bertz CT molecular complexity index is 549. The Hall–Kier alpha value is -1.87. The summed E-state index contributed by atoms with van der Waals surface area (Å²) in [5.74, 6) is 1.58. The SMILES string of the molecule is Cc1ccccc1OCc1ccc(CNCC(C)C)cn1.